The first-order valence-electron chi connectivity index (χ1n) is 4.91. The number of aromatic nitrogens is 2. The van der Waals surface area contributed by atoms with Crippen LogP contribution < -0.4 is 11.3 Å². The van der Waals surface area contributed by atoms with Crippen LogP contribution in [0, 0.1) is 0 Å². The third-order valence-electron chi connectivity index (χ3n) is 2.25. The number of rotatable bonds is 3. The molecule has 0 bridgehead atoms. The number of nitrogens with two attached hydrogens (primary N) is 1. The number of anilines is 1. The predicted octanol–water partition coefficient (Wildman–Crippen LogP) is 1.03. The van der Waals surface area contributed by atoms with E-state index in [0.29, 0.717) is 11.1 Å². The number of nitrogens with zero attached hydrogens (tertiary/aromatic N) is 2. The average molecular weight is 226 g/mol. The normalized spacial score (nSPS) is 17.7. The summed E-state index contributed by atoms with van der Waals surface area (Å²) >= 11 is 1.77. The van der Waals surface area contributed by atoms with Crippen LogP contribution in [0.5, 0.6) is 0 Å². The van der Waals surface area contributed by atoms with Crippen molar-refractivity contribution in [3.05, 3.63) is 12.4 Å². The maximum atomic E-state index is 5.30. The van der Waals surface area contributed by atoms with Gasteiger partial charge in [0.15, 0.2) is 0 Å². The van der Waals surface area contributed by atoms with Crippen LogP contribution in [0.25, 0.3) is 0 Å². The van der Waals surface area contributed by atoms with E-state index < -0.39 is 0 Å². The van der Waals surface area contributed by atoms with E-state index in [1.807, 2.05) is 6.07 Å². The lowest BCUT2D eigenvalue weighted by Gasteiger charge is -2.20. The van der Waals surface area contributed by atoms with Crippen molar-refractivity contribution >= 4 is 17.6 Å². The van der Waals surface area contributed by atoms with Crippen molar-refractivity contribution in [1.82, 2.24) is 9.97 Å². The summed E-state index contributed by atoms with van der Waals surface area (Å²) in [6.45, 7) is 1.70. The van der Waals surface area contributed by atoms with Crippen molar-refractivity contribution in [2.75, 3.05) is 18.6 Å². The first kappa shape index (κ1) is 10.7. The molecule has 1 aromatic heterocycles. The van der Waals surface area contributed by atoms with Crippen LogP contribution in [-0.2, 0) is 4.74 Å². The fourth-order valence-corrected chi connectivity index (χ4v) is 2.50. The Morgan fingerprint density at radius 3 is 2.93 bits per heavy atom. The van der Waals surface area contributed by atoms with Crippen molar-refractivity contribution in [1.29, 1.82) is 0 Å². The number of hydrogen-bond acceptors (Lipinski definition) is 6. The molecule has 15 heavy (non-hydrogen) atoms. The molecule has 0 radical (unpaired) electrons. The molecule has 0 spiro atoms. The van der Waals surface area contributed by atoms with E-state index in [4.69, 9.17) is 10.6 Å². The summed E-state index contributed by atoms with van der Waals surface area (Å²) in [6.07, 6.45) is 3.69. The first-order chi connectivity index (χ1) is 7.38. The number of nitrogens with one attached hydrogen (secondary N) is 1. The van der Waals surface area contributed by atoms with Gasteiger partial charge in [0.25, 0.3) is 0 Å². The lowest BCUT2D eigenvalue weighted by molar-refractivity contribution is 0.1000. The average Bonchev–Trinajstić information content (AvgIpc) is 2.31. The summed E-state index contributed by atoms with van der Waals surface area (Å²) in [6, 6.07) is 1.86. The Hall–Kier alpha value is -0.850. The summed E-state index contributed by atoms with van der Waals surface area (Å²) in [5.74, 6) is 5.93. The van der Waals surface area contributed by atoms with Crippen LogP contribution in [0.3, 0.4) is 0 Å². The second-order valence-corrected chi connectivity index (χ2v) is 4.64. The molecule has 6 heteroatoms. The maximum absolute atomic E-state index is 5.30. The third kappa shape index (κ3) is 3.05. The predicted molar refractivity (Wildman–Crippen MR) is 59.5 cm³/mol. The van der Waals surface area contributed by atoms with Gasteiger partial charge in [-0.15, -0.1) is 11.8 Å². The molecule has 0 aliphatic carbocycles. The largest absolute Gasteiger partial charge is 0.381 e. The van der Waals surface area contributed by atoms with Crippen molar-refractivity contribution in [2.24, 2.45) is 5.84 Å². The van der Waals surface area contributed by atoms with Crippen LogP contribution in [-0.4, -0.2) is 28.4 Å². The minimum Gasteiger partial charge on any atom is -0.381 e. The highest BCUT2D eigenvalue weighted by atomic mass is 32.2. The van der Waals surface area contributed by atoms with Gasteiger partial charge in [0.1, 0.15) is 17.2 Å². The van der Waals surface area contributed by atoms with Gasteiger partial charge in [-0.3, -0.25) is 0 Å². The van der Waals surface area contributed by atoms with E-state index in [0.717, 1.165) is 31.1 Å². The van der Waals surface area contributed by atoms with E-state index in [-0.39, 0.29) is 0 Å². The molecule has 0 saturated carbocycles. The highest BCUT2D eigenvalue weighted by molar-refractivity contribution is 7.99. The molecule has 2 heterocycles. The first-order valence-corrected chi connectivity index (χ1v) is 5.79. The van der Waals surface area contributed by atoms with Crippen molar-refractivity contribution in [3.63, 3.8) is 0 Å². The third-order valence-corrected chi connectivity index (χ3v) is 3.52. The topological polar surface area (TPSA) is 73.1 Å². The quantitative estimate of drug-likeness (QED) is 0.455. The van der Waals surface area contributed by atoms with Gasteiger partial charge >= 0.3 is 0 Å². The fraction of sp³-hybridized carbons (Fsp3) is 0.556. The van der Waals surface area contributed by atoms with Crippen LogP contribution >= 0.6 is 11.8 Å². The summed E-state index contributed by atoms with van der Waals surface area (Å²) < 4.78 is 5.30. The van der Waals surface area contributed by atoms with E-state index >= 15 is 0 Å². The van der Waals surface area contributed by atoms with E-state index in [9.17, 15) is 0 Å². The fourth-order valence-electron chi connectivity index (χ4n) is 1.45. The summed E-state index contributed by atoms with van der Waals surface area (Å²) in [5.41, 5.74) is 2.52. The summed E-state index contributed by atoms with van der Waals surface area (Å²) in [4.78, 5) is 8.16. The van der Waals surface area contributed by atoms with Crippen molar-refractivity contribution in [2.45, 2.75) is 23.1 Å². The second kappa shape index (κ2) is 5.29. The minimum absolute atomic E-state index is 0.597. The lowest BCUT2D eigenvalue weighted by atomic mass is 10.2. The van der Waals surface area contributed by atoms with Gasteiger partial charge in [0.05, 0.1) is 0 Å². The molecule has 0 atom stereocenters. The van der Waals surface area contributed by atoms with Crippen LogP contribution in [0.15, 0.2) is 17.4 Å². The standard InChI is InChI=1S/C9H14N4OS/c10-13-8-5-9(12-6-11-8)15-7-1-3-14-4-2-7/h5-7H,1-4,10H2,(H,11,12,13). The van der Waals surface area contributed by atoms with Gasteiger partial charge in [0.2, 0.25) is 0 Å². The van der Waals surface area contributed by atoms with Crippen LogP contribution in [0.1, 0.15) is 12.8 Å². The molecule has 3 N–H and O–H groups in total. The molecule has 1 fully saturated rings. The van der Waals surface area contributed by atoms with Crippen molar-refractivity contribution in [3.8, 4) is 0 Å². The smallest absolute Gasteiger partial charge is 0.144 e. The zero-order valence-electron chi connectivity index (χ0n) is 8.35. The molecule has 1 aromatic rings. The SMILES string of the molecule is NNc1cc(SC2CCOCC2)ncn1. The van der Waals surface area contributed by atoms with Gasteiger partial charge in [-0.1, -0.05) is 0 Å². The number of hydrogen-bond donors (Lipinski definition) is 2. The second-order valence-electron chi connectivity index (χ2n) is 3.32. The molecule has 0 amide bonds. The molecule has 82 valence electrons. The van der Waals surface area contributed by atoms with Gasteiger partial charge in [-0.25, -0.2) is 15.8 Å². The molecule has 0 unspecified atom stereocenters. The van der Waals surface area contributed by atoms with Crippen LogP contribution in [0.2, 0.25) is 0 Å². The summed E-state index contributed by atoms with van der Waals surface area (Å²) in [7, 11) is 0. The molecule has 1 saturated heterocycles. The molecule has 2 rings (SSSR count). The number of nitrogen functional groups attached to an aromatic ring is 1. The molecule has 0 aromatic carbocycles. The monoisotopic (exact) mass is 226 g/mol. The minimum atomic E-state index is 0.597. The maximum Gasteiger partial charge on any atom is 0.144 e. The number of ether oxygens (including phenoxy) is 1. The van der Waals surface area contributed by atoms with E-state index in [2.05, 4.69) is 15.4 Å². The number of hydrazine groups is 1. The Morgan fingerprint density at radius 1 is 1.40 bits per heavy atom. The van der Waals surface area contributed by atoms with E-state index in [1.54, 1.807) is 11.8 Å². The zero-order chi connectivity index (χ0) is 10.5. The van der Waals surface area contributed by atoms with Gasteiger partial charge in [-0.05, 0) is 12.8 Å². The molecule has 5 nitrogen and oxygen atoms in total. The van der Waals surface area contributed by atoms with Gasteiger partial charge < -0.3 is 10.2 Å². The Balaban J connectivity index is 1.96. The lowest BCUT2D eigenvalue weighted by Crippen LogP contribution is -2.17. The Labute approximate surface area is 92.8 Å². The highest BCUT2D eigenvalue weighted by Crippen LogP contribution is 2.28. The Kier molecular flexibility index (Phi) is 3.76. The van der Waals surface area contributed by atoms with Crippen molar-refractivity contribution < 1.29 is 4.74 Å². The highest BCUT2D eigenvalue weighted by Gasteiger charge is 2.15. The van der Waals surface area contributed by atoms with Gasteiger partial charge in [0, 0.05) is 24.5 Å². The zero-order valence-corrected chi connectivity index (χ0v) is 9.17. The molecular weight excluding hydrogens is 212 g/mol. The van der Waals surface area contributed by atoms with E-state index in [1.165, 1.54) is 6.33 Å². The van der Waals surface area contributed by atoms with Crippen LogP contribution in [0.4, 0.5) is 5.82 Å². The molecule has 1 aliphatic rings. The Bertz CT molecular complexity index is 317. The summed E-state index contributed by atoms with van der Waals surface area (Å²) in [5, 5.41) is 1.56. The van der Waals surface area contributed by atoms with Gasteiger partial charge in [-0.2, -0.15) is 0 Å². The Morgan fingerprint density at radius 2 is 2.20 bits per heavy atom. The number of thioether (sulfide) groups is 1. The molecule has 1 aliphatic heterocycles. The molecular formula is C9H14N4OS.